The molecule has 0 aromatic carbocycles. The van der Waals surface area contributed by atoms with Crippen molar-refractivity contribution in [3.8, 4) is 0 Å². The molecule has 0 aliphatic heterocycles. The van der Waals surface area contributed by atoms with E-state index in [-0.39, 0.29) is 0 Å². The zero-order valence-electron chi connectivity index (χ0n) is 11.1. The van der Waals surface area contributed by atoms with E-state index in [4.69, 9.17) is 0 Å². The molecule has 0 spiro atoms. The SMILES string of the molecule is O/N=C1/C[C@H]2[C@H]3C/C(=N/O)[C@H]4[C@@H]3C3C5[C@@H](C=C[C@@H]54)[C@@H]1[C@@H]32. The van der Waals surface area contributed by atoms with Crippen LogP contribution in [0.4, 0.5) is 0 Å². The molecule has 6 aliphatic rings. The van der Waals surface area contributed by atoms with Crippen LogP contribution in [0, 0.1) is 59.2 Å². The highest BCUT2D eigenvalue weighted by Gasteiger charge is 2.76. The van der Waals surface area contributed by atoms with Crippen molar-refractivity contribution < 1.29 is 10.4 Å². The van der Waals surface area contributed by atoms with E-state index in [0.29, 0.717) is 35.5 Å². The van der Waals surface area contributed by atoms with Gasteiger partial charge in [-0.15, -0.1) is 0 Å². The zero-order chi connectivity index (χ0) is 13.2. The molecule has 10 atom stereocenters. The highest BCUT2D eigenvalue weighted by molar-refractivity contribution is 5.94. The van der Waals surface area contributed by atoms with Crippen LogP contribution in [0.25, 0.3) is 0 Å². The van der Waals surface area contributed by atoms with E-state index < -0.39 is 0 Å². The van der Waals surface area contributed by atoms with Gasteiger partial charge in [0.2, 0.25) is 0 Å². The molecule has 0 amide bonds. The maximum Gasteiger partial charge on any atom is 0.0613 e. The second-order valence-corrected chi connectivity index (χ2v) is 7.82. The van der Waals surface area contributed by atoms with Crippen LogP contribution in [0.3, 0.4) is 0 Å². The first-order valence-electron chi connectivity index (χ1n) is 7.95. The van der Waals surface area contributed by atoms with Gasteiger partial charge in [0, 0.05) is 11.8 Å². The Balaban J connectivity index is 1.60. The number of rotatable bonds is 0. The van der Waals surface area contributed by atoms with Crippen molar-refractivity contribution in [2.24, 2.45) is 69.5 Å². The lowest BCUT2D eigenvalue weighted by molar-refractivity contribution is 0.304. The molecule has 0 heterocycles. The van der Waals surface area contributed by atoms with Gasteiger partial charge in [-0.25, -0.2) is 0 Å². The minimum absolute atomic E-state index is 0.516. The summed E-state index contributed by atoms with van der Waals surface area (Å²) in [5.74, 6) is 6.63. The number of hydrogen-bond donors (Lipinski definition) is 2. The second kappa shape index (κ2) is 2.97. The van der Waals surface area contributed by atoms with Crippen LogP contribution in [-0.2, 0) is 0 Å². The monoisotopic (exact) mass is 270 g/mol. The summed E-state index contributed by atoms with van der Waals surface area (Å²) in [6.45, 7) is 0. The third-order valence-electron chi connectivity index (χ3n) is 7.89. The summed E-state index contributed by atoms with van der Waals surface area (Å²) in [4.78, 5) is 0. The van der Waals surface area contributed by atoms with E-state index in [1.165, 1.54) is 0 Å². The van der Waals surface area contributed by atoms with Crippen molar-refractivity contribution in [2.45, 2.75) is 12.8 Å². The predicted octanol–water partition coefficient (Wildman–Crippen LogP) is 2.23. The summed E-state index contributed by atoms with van der Waals surface area (Å²) in [6, 6.07) is 0. The third kappa shape index (κ3) is 0.798. The molecule has 4 nitrogen and oxygen atoms in total. The number of fused-ring (bicyclic) bond motifs is 3. The molecule has 0 saturated heterocycles. The fourth-order valence-corrected chi connectivity index (χ4v) is 7.87. The van der Waals surface area contributed by atoms with Crippen molar-refractivity contribution >= 4 is 11.4 Å². The molecule has 104 valence electrons. The molecule has 4 heteroatoms. The standard InChI is InChI=1S/C16H18N2O2/c19-17-9-3-7-8-4-10(18-20)13-6-2-1-5-11(6)16(15(8)13)14(7)12(5)9/h1-2,5-8,11-16,19-20H,3-4H2/b17-9-,18-10-/t5-,6+,7+,8-,11?,12-,13-,14+,15-,16?/m0/s1. The quantitative estimate of drug-likeness (QED) is 0.403. The van der Waals surface area contributed by atoms with Crippen molar-refractivity contribution in [3.05, 3.63) is 12.2 Å². The summed E-state index contributed by atoms with van der Waals surface area (Å²) < 4.78 is 0. The Morgan fingerprint density at radius 1 is 0.750 bits per heavy atom. The maximum absolute atomic E-state index is 9.41. The highest BCUT2D eigenvalue weighted by atomic mass is 16.4. The topological polar surface area (TPSA) is 65.2 Å². The van der Waals surface area contributed by atoms with Crippen molar-refractivity contribution in [1.82, 2.24) is 0 Å². The van der Waals surface area contributed by atoms with Gasteiger partial charge < -0.3 is 10.4 Å². The average molecular weight is 270 g/mol. The van der Waals surface area contributed by atoms with E-state index in [1.54, 1.807) is 0 Å². The number of allylic oxidation sites excluding steroid dienone is 2. The van der Waals surface area contributed by atoms with Gasteiger partial charge in [0.05, 0.1) is 11.4 Å². The first-order valence-corrected chi connectivity index (χ1v) is 7.95. The van der Waals surface area contributed by atoms with Crippen LogP contribution in [0.2, 0.25) is 0 Å². The average Bonchev–Trinajstić information content (AvgIpc) is 3.18. The van der Waals surface area contributed by atoms with Gasteiger partial charge in [-0.1, -0.05) is 22.5 Å². The largest absolute Gasteiger partial charge is 0.411 e. The third-order valence-corrected chi connectivity index (χ3v) is 7.89. The fourth-order valence-electron chi connectivity index (χ4n) is 7.87. The Bertz CT molecular complexity index is 560. The first-order chi connectivity index (χ1) is 9.85. The highest BCUT2D eigenvalue weighted by Crippen LogP contribution is 2.77. The van der Waals surface area contributed by atoms with E-state index in [0.717, 1.165) is 47.9 Å². The van der Waals surface area contributed by atoms with Gasteiger partial charge in [-0.05, 0) is 60.2 Å². The molecule has 2 N–H and O–H groups in total. The molecule has 0 aromatic heterocycles. The summed E-state index contributed by atoms with van der Waals surface area (Å²) in [5.41, 5.74) is 2.13. The van der Waals surface area contributed by atoms with Gasteiger partial charge in [0.15, 0.2) is 0 Å². The molecule has 20 heavy (non-hydrogen) atoms. The van der Waals surface area contributed by atoms with Crippen LogP contribution in [0.15, 0.2) is 22.5 Å². The first kappa shape index (κ1) is 10.4. The Kier molecular flexibility index (Phi) is 1.55. The Morgan fingerprint density at radius 3 is 1.70 bits per heavy atom. The van der Waals surface area contributed by atoms with Crippen LogP contribution in [0.1, 0.15) is 12.8 Å². The summed E-state index contributed by atoms with van der Waals surface area (Å²) in [6.07, 6.45) is 6.75. The van der Waals surface area contributed by atoms with Crippen LogP contribution in [0.5, 0.6) is 0 Å². The molecule has 0 radical (unpaired) electrons. The van der Waals surface area contributed by atoms with Gasteiger partial charge in [0.25, 0.3) is 0 Å². The smallest absolute Gasteiger partial charge is 0.0613 e. The second-order valence-electron chi connectivity index (χ2n) is 7.82. The molecule has 5 fully saturated rings. The van der Waals surface area contributed by atoms with Gasteiger partial charge in [-0.3, -0.25) is 0 Å². The van der Waals surface area contributed by atoms with Gasteiger partial charge in [0.1, 0.15) is 0 Å². The van der Waals surface area contributed by atoms with E-state index in [2.05, 4.69) is 22.5 Å². The van der Waals surface area contributed by atoms with E-state index in [9.17, 15) is 10.4 Å². The van der Waals surface area contributed by atoms with Crippen molar-refractivity contribution in [2.75, 3.05) is 0 Å². The molecule has 6 aliphatic carbocycles. The number of hydrogen-bond acceptors (Lipinski definition) is 4. The Hall–Kier alpha value is -1.32. The maximum atomic E-state index is 9.41. The summed E-state index contributed by atoms with van der Waals surface area (Å²) in [5, 5.41) is 26.2. The van der Waals surface area contributed by atoms with E-state index in [1.807, 2.05) is 0 Å². The molecule has 0 aromatic rings. The Morgan fingerprint density at radius 2 is 1.25 bits per heavy atom. The number of oxime groups is 2. The molecular formula is C16H18N2O2. The molecule has 0 bridgehead atoms. The summed E-state index contributed by atoms with van der Waals surface area (Å²) in [7, 11) is 0. The fraction of sp³-hybridized carbons (Fsp3) is 0.750. The summed E-state index contributed by atoms with van der Waals surface area (Å²) >= 11 is 0. The van der Waals surface area contributed by atoms with Crippen molar-refractivity contribution in [1.29, 1.82) is 0 Å². The van der Waals surface area contributed by atoms with Crippen LogP contribution in [-0.4, -0.2) is 21.8 Å². The normalized spacial score (nSPS) is 67.0. The van der Waals surface area contributed by atoms with E-state index >= 15 is 0 Å². The van der Waals surface area contributed by atoms with Crippen LogP contribution >= 0.6 is 0 Å². The molecule has 5 saturated carbocycles. The molecular weight excluding hydrogens is 252 g/mol. The zero-order valence-corrected chi connectivity index (χ0v) is 11.1. The van der Waals surface area contributed by atoms with Crippen LogP contribution < -0.4 is 0 Å². The predicted molar refractivity (Wildman–Crippen MR) is 71.7 cm³/mol. The minimum atomic E-state index is 0.516. The lowest BCUT2D eigenvalue weighted by Crippen LogP contribution is -2.23. The number of nitrogens with zero attached hydrogens (tertiary/aromatic N) is 2. The lowest BCUT2D eigenvalue weighted by Gasteiger charge is -2.21. The molecule has 6 rings (SSSR count). The van der Waals surface area contributed by atoms with Crippen molar-refractivity contribution in [3.63, 3.8) is 0 Å². The Labute approximate surface area is 117 Å². The minimum Gasteiger partial charge on any atom is -0.411 e. The van der Waals surface area contributed by atoms with Gasteiger partial charge >= 0.3 is 0 Å². The lowest BCUT2D eigenvalue weighted by atomic mass is 9.83. The molecule has 2 unspecified atom stereocenters. The van der Waals surface area contributed by atoms with Gasteiger partial charge in [-0.2, -0.15) is 0 Å².